The quantitative estimate of drug-likeness (QED) is 0.854. The maximum absolute atomic E-state index is 13.4. The number of aryl methyl sites for hydroxylation is 1. The van der Waals surface area contributed by atoms with E-state index in [9.17, 15) is 9.18 Å². The molecule has 19 heavy (non-hydrogen) atoms. The van der Waals surface area contributed by atoms with Crippen molar-refractivity contribution in [3.8, 4) is 0 Å². The van der Waals surface area contributed by atoms with Crippen LogP contribution in [0.2, 0.25) is 0 Å². The van der Waals surface area contributed by atoms with E-state index in [1.807, 2.05) is 5.38 Å². The largest absolute Gasteiger partial charge is 0.481 e. The van der Waals surface area contributed by atoms with Gasteiger partial charge in [-0.25, -0.2) is 9.37 Å². The minimum absolute atomic E-state index is 0.0660. The summed E-state index contributed by atoms with van der Waals surface area (Å²) in [6.45, 7) is 0.360. The number of rotatable bonds is 6. The molecule has 0 saturated carbocycles. The molecule has 2 N–H and O–H groups in total. The van der Waals surface area contributed by atoms with E-state index in [-0.39, 0.29) is 12.2 Å². The summed E-state index contributed by atoms with van der Waals surface area (Å²) in [5.41, 5.74) is 1.31. The Morgan fingerprint density at radius 1 is 1.42 bits per heavy atom. The van der Waals surface area contributed by atoms with Gasteiger partial charge in [0.25, 0.3) is 0 Å². The third kappa shape index (κ3) is 4.03. The lowest BCUT2D eigenvalue weighted by Crippen LogP contribution is -2.02. The molecule has 4 nitrogen and oxygen atoms in total. The first-order chi connectivity index (χ1) is 9.15. The Morgan fingerprint density at radius 2 is 2.21 bits per heavy atom. The van der Waals surface area contributed by atoms with Gasteiger partial charge in [-0.3, -0.25) is 4.79 Å². The second-order valence-corrected chi connectivity index (χ2v) is 4.84. The van der Waals surface area contributed by atoms with Crippen molar-refractivity contribution in [2.45, 2.75) is 19.4 Å². The molecule has 0 unspecified atom stereocenters. The van der Waals surface area contributed by atoms with Crippen LogP contribution in [0.3, 0.4) is 0 Å². The van der Waals surface area contributed by atoms with Crippen molar-refractivity contribution in [1.82, 2.24) is 4.98 Å². The molecule has 0 aliphatic carbocycles. The lowest BCUT2D eigenvalue weighted by molar-refractivity contribution is -0.136. The van der Waals surface area contributed by atoms with Crippen molar-refractivity contribution in [2.24, 2.45) is 0 Å². The van der Waals surface area contributed by atoms with Crippen LogP contribution in [0, 0.1) is 5.82 Å². The number of carboxylic acid groups (broad SMARTS) is 1. The topological polar surface area (TPSA) is 62.2 Å². The summed E-state index contributed by atoms with van der Waals surface area (Å²) < 4.78 is 13.4. The van der Waals surface area contributed by atoms with Gasteiger partial charge in [0.1, 0.15) is 5.82 Å². The number of carbonyl (C=O) groups is 1. The summed E-state index contributed by atoms with van der Waals surface area (Å²) >= 11 is 1.39. The average molecular weight is 280 g/mol. The fraction of sp³-hybridized carbons (Fsp3) is 0.231. The molecule has 1 heterocycles. The van der Waals surface area contributed by atoms with Crippen LogP contribution in [-0.4, -0.2) is 16.1 Å². The van der Waals surface area contributed by atoms with Gasteiger partial charge in [0.2, 0.25) is 0 Å². The minimum Gasteiger partial charge on any atom is -0.481 e. The SMILES string of the molecule is O=C(O)CCc1csc(NCc2ccccc2F)n1. The van der Waals surface area contributed by atoms with Crippen molar-refractivity contribution >= 4 is 22.4 Å². The van der Waals surface area contributed by atoms with E-state index in [0.717, 1.165) is 5.69 Å². The van der Waals surface area contributed by atoms with Gasteiger partial charge in [-0.05, 0) is 6.07 Å². The molecule has 0 radical (unpaired) electrons. The Morgan fingerprint density at radius 3 is 2.95 bits per heavy atom. The number of anilines is 1. The van der Waals surface area contributed by atoms with Crippen LogP contribution in [0.5, 0.6) is 0 Å². The van der Waals surface area contributed by atoms with Crippen molar-refractivity contribution in [2.75, 3.05) is 5.32 Å². The fourth-order valence-electron chi connectivity index (χ4n) is 1.55. The van der Waals surface area contributed by atoms with Crippen molar-refractivity contribution in [3.63, 3.8) is 0 Å². The molecule has 0 saturated heterocycles. The van der Waals surface area contributed by atoms with Crippen LogP contribution in [0.1, 0.15) is 17.7 Å². The van der Waals surface area contributed by atoms with E-state index in [2.05, 4.69) is 10.3 Å². The molecule has 1 aromatic heterocycles. The summed E-state index contributed by atoms with van der Waals surface area (Å²) in [5, 5.41) is 14.1. The Kier molecular flexibility index (Phi) is 4.46. The Bertz CT molecular complexity index is 571. The van der Waals surface area contributed by atoms with Gasteiger partial charge >= 0.3 is 5.97 Å². The molecular formula is C13H13FN2O2S. The predicted molar refractivity (Wildman–Crippen MR) is 71.8 cm³/mol. The molecule has 0 amide bonds. The van der Waals surface area contributed by atoms with Crippen molar-refractivity contribution < 1.29 is 14.3 Å². The summed E-state index contributed by atoms with van der Waals surface area (Å²) in [5.74, 6) is -1.09. The van der Waals surface area contributed by atoms with Crippen LogP contribution < -0.4 is 5.32 Å². The van der Waals surface area contributed by atoms with Gasteiger partial charge in [0.15, 0.2) is 5.13 Å². The maximum Gasteiger partial charge on any atom is 0.303 e. The van der Waals surface area contributed by atoms with Crippen LogP contribution >= 0.6 is 11.3 Å². The molecule has 0 aliphatic rings. The molecule has 1 aromatic carbocycles. The third-order valence-electron chi connectivity index (χ3n) is 2.53. The third-order valence-corrected chi connectivity index (χ3v) is 3.38. The Hall–Kier alpha value is -1.95. The second kappa shape index (κ2) is 6.29. The lowest BCUT2D eigenvalue weighted by atomic mass is 10.2. The highest BCUT2D eigenvalue weighted by Crippen LogP contribution is 2.18. The van der Waals surface area contributed by atoms with Crippen molar-refractivity contribution in [1.29, 1.82) is 0 Å². The number of benzene rings is 1. The first-order valence-corrected chi connectivity index (χ1v) is 6.66. The van der Waals surface area contributed by atoms with E-state index >= 15 is 0 Å². The van der Waals surface area contributed by atoms with E-state index < -0.39 is 5.97 Å². The van der Waals surface area contributed by atoms with Gasteiger partial charge in [0, 0.05) is 23.9 Å². The van der Waals surface area contributed by atoms with Gasteiger partial charge in [-0.1, -0.05) is 18.2 Å². The predicted octanol–water partition coefficient (Wildman–Crippen LogP) is 2.91. The second-order valence-electron chi connectivity index (χ2n) is 3.98. The molecular weight excluding hydrogens is 267 g/mol. The minimum atomic E-state index is -0.839. The molecule has 0 atom stereocenters. The number of nitrogens with one attached hydrogen (secondary N) is 1. The number of carboxylic acids is 1. The summed E-state index contributed by atoms with van der Waals surface area (Å²) in [6, 6.07) is 6.55. The normalized spacial score (nSPS) is 10.4. The zero-order chi connectivity index (χ0) is 13.7. The van der Waals surface area contributed by atoms with E-state index in [1.54, 1.807) is 18.2 Å². The Balaban J connectivity index is 1.90. The van der Waals surface area contributed by atoms with Gasteiger partial charge < -0.3 is 10.4 Å². The number of aromatic nitrogens is 1. The first-order valence-electron chi connectivity index (χ1n) is 5.78. The van der Waals surface area contributed by atoms with E-state index in [4.69, 9.17) is 5.11 Å². The molecule has 0 aliphatic heterocycles. The number of hydrogen-bond acceptors (Lipinski definition) is 4. The highest BCUT2D eigenvalue weighted by atomic mass is 32.1. The number of hydrogen-bond donors (Lipinski definition) is 2. The molecule has 2 rings (SSSR count). The Labute approximate surface area is 113 Å². The average Bonchev–Trinajstić information content (AvgIpc) is 2.83. The zero-order valence-corrected chi connectivity index (χ0v) is 10.9. The van der Waals surface area contributed by atoms with Crippen molar-refractivity contribution in [3.05, 3.63) is 46.7 Å². The monoisotopic (exact) mass is 280 g/mol. The highest BCUT2D eigenvalue weighted by molar-refractivity contribution is 7.13. The molecule has 6 heteroatoms. The zero-order valence-electron chi connectivity index (χ0n) is 10.1. The summed E-state index contributed by atoms with van der Waals surface area (Å²) in [4.78, 5) is 14.7. The first kappa shape index (κ1) is 13.5. The smallest absolute Gasteiger partial charge is 0.303 e. The molecule has 0 spiro atoms. The highest BCUT2D eigenvalue weighted by Gasteiger charge is 2.05. The van der Waals surface area contributed by atoms with Gasteiger partial charge in [-0.2, -0.15) is 0 Å². The lowest BCUT2D eigenvalue weighted by Gasteiger charge is -2.03. The fourth-order valence-corrected chi connectivity index (χ4v) is 2.29. The van der Waals surface area contributed by atoms with Crippen LogP contribution in [0.25, 0.3) is 0 Å². The number of halogens is 1. The number of aliphatic carboxylic acids is 1. The van der Waals surface area contributed by atoms with Crippen LogP contribution in [0.4, 0.5) is 9.52 Å². The molecule has 100 valence electrons. The molecule has 2 aromatic rings. The summed E-state index contributed by atoms with van der Waals surface area (Å²) in [6.07, 6.45) is 0.476. The summed E-state index contributed by atoms with van der Waals surface area (Å²) in [7, 11) is 0. The number of thiazole rings is 1. The van der Waals surface area contributed by atoms with Crippen LogP contribution in [-0.2, 0) is 17.8 Å². The molecule has 0 fully saturated rings. The molecule has 0 bridgehead atoms. The van der Waals surface area contributed by atoms with E-state index in [0.29, 0.717) is 23.7 Å². The standard InChI is InChI=1S/C13H13FN2O2S/c14-11-4-2-1-3-9(11)7-15-13-16-10(8-19-13)5-6-12(17)18/h1-4,8H,5-7H2,(H,15,16)(H,17,18). The maximum atomic E-state index is 13.4. The van der Waals surface area contributed by atoms with Gasteiger partial charge in [-0.15, -0.1) is 11.3 Å². The number of nitrogens with zero attached hydrogens (tertiary/aromatic N) is 1. The van der Waals surface area contributed by atoms with E-state index in [1.165, 1.54) is 17.4 Å². The van der Waals surface area contributed by atoms with Crippen LogP contribution in [0.15, 0.2) is 29.6 Å². The van der Waals surface area contributed by atoms with Gasteiger partial charge in [0.05, 0.1) is 12.1 Å².